The molecule has 1 amide bonds. The predicted octanol–water partition coefficient (Wildman–Crippen LogP) is 2.92. The van der Waals surface area contributed by atoms with Crippen LogP contribution in [0.15, 0.2) is 47.3 Å². The van der Waals surface area contributed by atoms with Crippen molar-refractivity contribution >= 4 is 34.2 Å². The molecule has 0 spiro atoms. The Hall–Kier alpha value is -2.73. The smallest absolute Gasteiger partial charge is 0.323 e. The summed E-state index contributed by atoms with van der Waals surface area (Å²) in [6, 6.07) is 12.1. The second-order valence-electron chi connectivity index (χ2n) is 4.94. The van der Waals surface area contributed by atoms with Gasteiger partial charge in [-0.3, -0.25) is 4.79 Å². The lowest BCUT2D eigenvalue weighted by atomic mass is 10.2. The highest BCUT2D eigenvalue weighted by Crippen LogP contribution is 2.16. The first-order chi connectivity index (χ1) is 11.1. The van der Waals surface area contributed by atoms with Crippen LogP contribution in [0.4, 0.5) is 5.69 Å². The molecule has 118 valence electrons. The quantitative estimate of drug-likeness (QED) is 0.671. The van der Waals surface area contributed by atoms with Crippen LogP contribution in [-0.4, -0.2) is 22.5 Å². The number of hydrogen-bond acceptors (Lipinski definition) is 3. The maximum absolute atomic E-state index is 11.9. The Bertz CT molecular complexity index is 883. The van der Waals surface area contributed by atoms with Gasteiger partial charge in [0.1, 0.15) is 5.75 Å². The standard InChI is InChI=1S/C16H14ClN3O3/c17-10-1-4-12(5-2-10)23-8-7-15(21)18-11-3-6-13-14(9-11)20-16(22)19-13/h1-6,9H,7-8H2,(H,18,21)(H2,19,20,22). The van der Waals surface area contributed by atoms with Crippen LogP contribution in [-0.2, 0) is 4.79 Å². The van der Waals surface area contributed by atoms with E-state index in [4.69, 9.17) is 16.3 Å². The summed E-state index contributed by atoms with van der Waals surface area (Å²) < 4.78 is 5.47. The van der Waals surface area contributed by atoms with Crippen molar-refractivity contribution in [3.63, 3.8) is 0 Å². The maximum Gasteiger partial charge on any atom is 0.323 e. The van der Waals surface area contributed by atoms with E-state index in [1.54, 1.807) is 42.5 Å². The summed E-state index contributed by atoms with van der Waals surface area (Å²) in [4.78, 5) is 28.4. The minimum Gasteiger partial charge on any atom is -0.493 e. The van der Waals surface area contributed by atoms with E-state index in [2.05, 4.69) is 15.3 Å². The maximum atomic E-state index is 11.9. The van der Waals surface area contributed by atoms with E-state index in [1.165, 1.54) is 0 Å². The van der Waals surface area contributed by atoms with Crippen molar-refractivity contribution in [3.8, 4) is 5.75 Å². The van der Waals surface area contributed by atoms with Gasteiger partial charge in [-0.1, -0.05) is 11.6 Å². The van der Waals surface area contributed by atoms with Gasteiger partial charge in [0, 0.05) is 10.7 Å². The molecule has 0 aliphatic carbocycles. The Morgan fingerprint density at radius 1 is 1.09 bits per heavy atom. The Kier molecular flexibility index (Phi) is 4.34. The summed E-state index contributed by atoms with van der Waals surface area (Å²) in [6.45, 7) is 0.261. The monoisotopic (exact) mass is 331 g/mol. The topological polar surface area (TPSA) is 87.0 Å². The number of nitrogens with one attached hydrogen (secondary N) is 3. The molecule has 7 heteroatoms. The number of hydrogen-bond donors (Lipinski definition) is 3. The molecule has 3 N–H and O–H groups in total. The van der Waals surface area contributed by atoms with Gasteiger partial charge in [0.2, 0.25) is 5.91 Å². The summed E-state index contributed by atoms with van der Waals surface area (Å²) in [5, 5.41) is 3.40. The molecule has 0 aliphatic heterocycles. The van der Waals surface area contributed by atoms with E-state index in [1.807, 2.05) is 0 Å². The fourth-order valence-electron chi connectivity index (χ4n) is 2.13. The van der Waals surface area contributed by atoms with Crippen LogP contribution in [0.5, 0.6) is 5.75 Å². The summed E-state index contributed by atoms with van der Waals surface area (Å²) in [5.74, 6) is 0.490. The summed E-state index contributed by atoms with van der Waals surface area (Å²) in [7, 11) is 0. The lowest BCUT2D eigenvalue weighted by molar-refractivity contribution is -0.116. The molecule has 3 rings (SSSR count). The molecule has 1 heterocycles. The number of ether oxygens (including phenoxy) is 1. The van der Waals surface area contributed by atoms with E-state index >= 15 is 0 Å². The fraction of sp³-hybridized carbons (Fsp3) is 0.125. The van der Waals surface area contributed by atoms with Gasteiger partial charge in [0.05, 0.1) is 24.1 Å². The molecule has 0 aliphatic rings. The number of halogens is 1. The number of amides is 1. The van der Waals surface area contributed by atoms with Gasteiger partial charge in [-0.05, 0) is 42.5 Å². The molecule has 23 heavy (non-hydrogen) atoms. The van der Waals surface area contributed by atoms with E-state index in [9.17, 15) is 9.59 Å². The van der Waals surface area contributed by atoms with E-state index < -0.39 is 0 Å². The van der Waals surface area contributed by atoms with Crippen LogP contribution in [0.1, 0.15) is 6.42 Å². The molecule has 0 radical (unpaired) electrons. The zero-order valence-electron chi connectivity index (χ0n) is 12.1. The Morgan fingerprint density at radius 3 is 2.61 bits per heavy atom. The predicted molar refractivity (Wildman–Crippen MR) is 89.1 cm³/mol. The molecule has 0 atom stereocenters. The number of aromatic amines is 2. The summed E-state index contributed by atoms with van der Waals surface area (Å²) in [5.41, 5.74) is 1.67. The second-order valence-corrected chi connectivity index (χ2v) is 5.38. The van der Waals surface area contributed by atoms with Crippen molar-refractivity contribution in [1.29, 1.82) is 0 Å². The summed E-state index contributed by atoms with van der Waals surface area (Å²) in [6.07, 6.45) is 0.213. The first kappa shape index (κ1) is 15.2. The first-order valence-electron chi connectivity index (χ1n) is 7.00. The van der Waals surface area contributed by atoms with Gasteiger partial charge in [0.25, 0.3) is 0 Å². The van der Waals surface area contributed by atoms with Crippen LogP contribution < -0.4 is 15.7 Å². The van der Waals surface area contributed by atoms with Crippen LogP contribution in [0.2, 0.25) is 5.02 Å². The van der Waals surface area contributed by atoms with Crippen LogP contribution in [0, 0.1) is 0 Å². The number of aromatic nitrogens is 2. The number of H-pyrrole nitrogens is 2. The number of rotatable bonds is 5. The zero-order chi connectivity index (χ0) is 16.2. The van der Waals surface area contributed by atoms with Gasteiger partial charge in [-0.15, -0.1) is 0 Å². The normalized spacial score (nSPS) is 10.7. The average molecular weight is 332 g/mol. The van der Waals surface area contributed by atoms with Crippen LogP contribution in [0.3, 0.4) is 0 Å². The minimum absolute atomic E-state index is 0.170. The van der Waals surface area contributed by atoms with Crippen LogP contribution >= 0.6 is 11.6 Å². The SMILES string of the molecule is O=C(CCOc1ccc(Cl)cc1)Nc1ccc2[nH]c(=O)[nH]c2c1. The minimum atomic E-state index is -0.278. The fourth-order valence-corrected chi connectivity index (χ4v) is 2.25. The molecule has 0 unspecified atom stereocenters. The van der Waals surface area contributed by atoms with Gasteiger partial charge in [-0.2, -0.15) is 0 Å². The highest BCUT2D eigenvalue weighted by atomic mass is 35.5. The molecule has 0 fully saturated rings. The molecule has 0 saturated heterocycles. The van der Waals surface area contributed by atoms with Gasteiger partial charge in [-0.25, -0.2) is 4.79 Å². The number of fused-ring (bicyclic) bond motifs is 1. The van der Waals surface area contributed by atoms with Crippen molar-refractivity contribution in [1.82, 2.24) is 9.97 Å². The van der Waals surface area contributed by atoms with Gasteiger partial charge < -0.3 is 20.0 Å². The lowest BCUT2D eigenvalue weighted by Crippen LogP contribution is -2.15. The van der Waals surface area contributed by atoms with Crippen molar-refractivity contribution in [2.75, 3.05) is 11.9 Å². The Morgan fingerprint density at radius 2 is 1.83 bits per heavy atom. The van der Waals surface area contributed by atoms with Gasteiger partial charge >= 0.3 is 5.69 Å². The molecule has 2 aromatic carbocycles. The lowest BCUT2D eigenvalue weighted by Gasteiger charge is -2.07. The number of carbonyl (C=O) groups excluding carboxylic acids is 1. The van der Waals surface area contributed by atoms with E-state index in [0.717, 1.165) is 0 Å². The van der Waals surface area contributed by atoms with Crippen molar-refractivity contribution in [3.05, 3.63) is 58.0 Å². The zero-order valence-corrected chi connectivity index (χ0v) is 12.8. The first-order valence-corrected chi connectivity index (χ1v) is 7.38. The number of benzene rings is 2. The van der Waals surface area contributed by atoms with Crippen molar-refractivity contribution in [2.24, 2.45) is 0 Å². The Labute approximate surface area is 136 Å². The highest BCUT2D eigenvalue weighted by Gasteiger charge is 2.05. The molecule has 0 bridgehead atoms. The number of imidazole rings is 1. The number of anilines is 1. The molecule has 3 aromatic rings. The molecular weight excluding hydrogens is 318 g/mol. The van der Waals surface area contributed by atoms with Crippen LogP contribution in [0.25, 0.3) is 11.0 Å². The second kappa shape index (κ2) is 6.58. The summed E-state index contributed by atoms with van der Waals surface area (Å²) >= 11 is 5.79. The van der Waals surface area contributed by atoms with Gasteiger partial charge in [0.15, 0.2) is 0 Å². The molecular formula is C16H14ClN3O3. The van der Waals surface area contributed by atoms with E-state index in [-0.39, 0.29) is 24.6 Å². The van der Waals surface area contributed by atoms with E-state index in [0.29, 0.717) is 27.5 Å². The van der Waals surface area contributed by atoms with Crippen molar-refractivity contribution < 1.29 is 9.53 Å². The molecule has 0 saturated carbocycles. The Balaban J connectivity index is 1.53. The third-order valence-electron chi connectivity index (χ3n) is 3.21. The average Bonchev–Trinajstić information content (AvgIpc) is 2.88. The number of carbonyl (C=O) groups is 1. The third-order valence-corrected chi connectivity index (χ3v) is 3.46. The largest absolute Gasteiger partial charge is 0.493 e. The highest BCUT2D eigenvalue weighted by molar-refractivity contribution is 6.30. The molecule has 6 nitrogen and oxygen atoms in total. The third kappa shape index (κ3) is 3.92. The van der Waals surface area contributed by atoms with Crippen molar-refractivity contribution in [2.45, 2.75) is 6.42 Å². The molecule has 1 aromatic heterocycles.